The Morgan fingerprint density at radius 1 is 1.25 bits per heavy atom. The van der Waals surface area contributed by atoms with Gasteiger partial charge < -0.3 is 5.32 Å². The summed E-state index contributed by atoms with van der Waals surface area (Å²) in [5.74, 6) is 0.645. The van der Waals surface area contributed by atoms with E-state index in [4.69, 9.17) is 0 Å². The summed E-state index contributed by atoms with van der Waals surface area (Å²) in [5, 5.41) is 5.67. The fourth-order valence-corrected chi connectivity index (χ4v) is 4.10. The number of aryl methyl sites for hydroxylation is 1. The number of nitrogens with one attached hydrogen (secondary N) is 1. The molecule has 1 aromatic carbocycles. The summed E-state index contributed by atoms with van der Waals surface area (Å²) in [6.45, 7) is 6.45. The monoisotopic (exact) mass is 351 g/mol. The third-order valence-corrected chi connectivity index (χ3v) is 5.40. The van der Waals surface area contributed by atoms with Gasteiger partial charge in [-0.3, -0.25) is 0 Å². The Morgan fingerprint density at radius 3 is 2.75 bits per heavy atom. The van der Waals surface area contributed by atoms with Gasteiger partial charge in [0.2, 0.25) is 0 Å². The molecular formula is C17H22BrNS. The Kier molecular flexibility index (Phi) is 6.27. The van der Waals surface area contributed by atoms with E-state index in [9.17, 15) is 0 Å². The standard InChI is InChI=1S/C17H22BrNS/c1-3-19-12-15(11-17-16(18)7-8-20-17)10-14-6-4-5-13(2)9-14/h4-9,15,19H,3,10-12H2,1-2H3. The summed E-state index contributed by atoms with van der Waals surface area (Å²) >= 11 is 5.50. The maximum Gasteiger partial charge on any atom is 0.0314 e. The molecule has 1 aromatic heterocycles. The van der Waals surface area contributed by atoms with Crippen molar-refractivity contribution in [3.8, 4) is 0 Å². The molecule has 0 saturated carbocycles. The Labute approximate surface area is 134 Å². The first kappa shape index (κ1) is 15.7. The lowest BCUT2D eigenvalue weighted by Crippen LogP contribution is -2.25. The van der Waals surface area contributed by atoms with Crippen LogP contribution in [0.2, 0.25) is 0 Å². The normalized spacial score (nSPS) is 12.6. The van der Waals surface area contributed by atoms with E-state index in [0.717, 1.165) is 25.9 Å². The van der Waals surface area contributed by atoms with Crippen LogP contribution in [0.15, 0.2) is 40.2 Å². The Hall–Kier alpha value is -0.640. The maximum atomic E-state index is 3.65. The Bertz CT molecular complexity index is 535. The lowest BCUT2D eigenvalue weighted by atomic mass is 9.94. The van der Waals surface area contributed by atoms with Crippen LogP contribution in [0, 0.1) is 12.8 Å². The molecule has 0 amide bonds. The molecule has 1 N–H and O–H groups in total. The van der Waals surface area contributed by atoms with Crippen molar-refractivity contribution in [3.05, 3.63) is 56.2 Å². The van der Waals surface area contributed by atoms with Crippen LogP contribution in [-0.4, -0.2) is 13.1 Å². The molecule has 2 rings (SSSR count). The van der Waals surface area contributed by atoms with Gasteiger partial charge in [-0.25, -0.2) is 0 Å². The van der Waals surface area contributed by atoms with E-state index in [1.165, 1.54) is 20.5 Å². The molecular weight excluding hydrogens is 330 g/mol. The molecule has 0 aliphatic rings. The third kappa shape index (κ3) is 4.72. The van der Waals surface area contributed by atoms with E-state index in [2.05, 4.69) is 70.8 Å². The highest BCUT2D eigenvalue weighted by atomic mass is 79.9. The highest BCUT2D eigenvalue weighted by molar-refractivity contribution is 9.10. The van der Waals surface area contributed by atoms with Crippen LogP contribution in [0.3, 0.4) is 0 Å². The van der Waals surface area contributed by atoms with Crippen LogP contribution in [0.5, 0.6) is 0 Å². The van der Waals surface area contributed by atoms with Crippen molar-refractivity contribution in [2.45, 2.75) is 26.7 Å². The van der Waals surface area contributed by atoms with Crippen LogP contribution in [0.25, 0.3) is 0 Å². The minimum Gasteiger partial charge on any atom is -0.317 e. The van der Waals surface area contributed by atoms with Crippen molar-refractivity contribution >= 4 is 27.3 Å². The van der Waals surface area contributed by atoms with Crippen LogP contribution < -0.4 is 5.32 Å². The maximum absolute atomic E-state index is 3.65. The quantitative estimate of drug-likeness (QED) is 0.753. The van der Waals surface area contributed by atoms with E-state index in [1.54, 1.807) is 0 Å². The minimum absolute atomic E-state index is 0.645. The van der Waals surface area contributed by atoms with Gasteiger partial charge in [-0.15, -0.1) is 11.3 Å². The van der Waals surface area contributed by atoms with Gasteiger partial charge in [0.1, 0.15) is 0 Å². The van der Waals surface area contributed by atoms with Gasteiger partial charge in [0.05, 0.1) is 0 Å². The zero-order chi connectivity index (χ0) is 14.4. The molecule has 0 aliphatic carbocycles. The highest BCUT2D eigenvalue weighted by Gasteiger charge is 2.13. The van der Waals surface area contributed by atoms with Crippen molar-refractivity contribution in [1.82, 2.24) is 5.32 Å². The van der Waals surface area contributed by atoms with Crippen molar-refractivity contribution < 1.29 is 0 Å². The van der Waals surface area contributed by atoms with E-state index in [1.807, 2.05) is 11.3 Å². The second-order valence-electron chi connectivity index (χ2n) is 5.26. The molecule has 0 fully saturated rings. The molecule has 1 nitrogen and oxygen atoms in total. The highest BCUT2D eigenvalue weighted by Crippen LogP contribution is 2.26. The molecule has 1 atom stereocenters. The van der Waals surface area contributed by atoms with E-state index >= 15 is 0 Å². The molecule has 0 radical (unpaired) electrons. The van der Waals surface area contributed by atoms with Crippen molar-refractivity contribution in [2.24, 2.45) is 5.92 Å². The fraction of sp³-hybridized carbons (Fsp3) is 0.412. The van der Waals surface area contributed by atoms with Crippen LogP contribution >= 0.6 is 27.3 Å². The number of hydrogen-bond acceptors (Lipinski definition) is 2. The average molecular weight is 352 g/mol. The van der Waals surface area contributed by atoms with E-state index < -0.39 is 0 Å². The number of rotatable bonds is 7. The largest absolute Gasteiger partial charge is 0.317 e. The fourth-order valence-electron chi connectivity index (χ4n) is 2.47. The van der Waals surface area contributed by atoms with Gasteiger partial charge in [0.25, 0.3) is 0 Å². The van der Waals surface area contributed by atoms with Gasteiger partial charge in [0.15, 0.2) is 0 Å². The topological polar surface area (TPSA) is 12.0 Å². The van der Waals surface area contributed by atoms with E-state index in [-0.39, 0.29) is 0 Å². The molecule has 0 aliphatic heterocycles. The summed E-state index contributed by atoms with van der Waals surface area (Å²) < 4.78 is 1.26. The van der Waals surface area contributed by atoms with Crippen molar-refractivity contribution in [1.29, 1.82) is 0 Å². The zero-order valence-electron chi connectivity index (χ0n) is 12.2. The number of hydrogen-bond donors (Lipinski definition) is 1. The van der Waals surface area contributed by atoms with Gasteiger partial charge >= 0.3 is 0 Å². The third-order valence-electron chi connectivity index (χ3n) is 3.45. The molecule has 3 heteroatoms. The van der Waals surface area contributed by atoms with Crippen molar-refractivity contribution in [2.75, 3.05) is 13.1 Å². The number of benzene rings is 1. The van der Waals surface area contributed by atoms with Gasteiger partial charge in [-0.1, -0.05) is 36.8 Å². The van der Waals surface area contributed by atoms with Crippen LogP contribution in [-0.2, 0) is 12.8 Å². The zero-order valence-corrected chi connectivity index (χ0v) is 14.6. The van der Waals surface area contributed by atoms with Crippen LogP contribution in [0.1, 0.15) is 22.9 Å². The number of thiophene rings is 1. The van der Waals surface area contributed by atoms with Gasteiger partial charge in [-0.2, -0.15) is 0 Å². The smallest absolute Gasteiger partial charge is 0.0314 e. The molecule has 0 saturated heterocycles. The van der Waals surface area contributed by atoms with E-state index in [0.29, 0.717) is 5.92 Å². The van der Waals surface area contributed by atoms with Crippen LogP contribution in [0.4, 0.5) is 0 Å². The summed E-state index contributed by atoms with van der Waals surface area (Å²) in [4.78, 5) is 1.46. The number of halogens is 1. The average Bonchev–Trinajstić information content (AvgIpc) is 2.82. The first-order valence-electron chi connectivity index (χ1n) is 7.17. The second kappa shape index (κ2) is 7.96. The molecule has 1 heterocycles. The lowest BCUT2D eigenvalue weighted by molar-refractivity contribution is 0.480. The summed E-state index contributed by atoms with van der Waals surface area (Å²) in [7, 11) is 0. The predicted molar refractivity (Wildman–Crippen MR) is 92.6 cm³/mol. The van der Waals surface area contributed by atoms with Gasteiger partial charge in [0, 0.05) is 9.35 Å². The summed E-state index contributed by atoms with van der Waals surface area (Å²) in [6, 6.07) is 11.0. The second-order valence-corrected chi connectivity index (χ2v) is 7.12. The first-order chi connectivity index (χ1) is 9.69. The molecule has 20 heavy (non-hydrogen) atoms. The summed E-state index contributed by atoms with van der Waals surface area (Å²) in [5.41, 5.74) is 2.79. The SMILES string of the molecule is CCNCC(Cc1cccc(C)c1)Cc1sccc1Br. The summed E-state index contributed by atoms with van der Waals surface area (Å²) in [6.07, 6.45) is 2.28. The Morgan fingerprint density at radius 2 is 2.10 bits per heavy atom. The lowest BCUT2D eigenvalue weighted by Gasteiger charge is -2.17. The molecule has 1 unspecified atom stereocenters. The molecule has 0 bridgehead atoms. The molecule has 0 spiro atoms. The Balaban J connectivity index is 2.05. The molecule has 2 aromatic rings. The van der Waals surface area contributed by atoms with Crippen molar-refractivity contribution in [3.63, 3.8) is 0 Å². The van der Waals surface area contributed by atoms with Gasteiger partial charge in [-0.05, 0) is 71.7 Å². The predicted octanol–water partition coefficient (Wildman–Crippen LogP) is 4.83. The minimum atomic E-state index is 0.645. The first-order valence-corrected chi connectivity index (χ1v) is 8.84. The molecule has 108 valence electrons.